The van der Waals surface area contributed by atoms with Gasteiger partial charge in [-0.3, -0.25) is 4.79 Å². The molecule has 2 unspecified atom stereocenters. The molecule has 0 radical (unpaired) electrons. The lowest BCUT2D eigenvalue weighted by molar-refractivity contribution is -0.143. The smallest absolute Gasteiger partial charge is 0.408 e. The van der Waals surface area contributed by atoms with Crippen molar-refractivity contribution in [3.63, 3.8) is 0 Å². The van der Waals surface area contributed by atoms with Gasteiger partial charge >= 0.3 is 12.1 Å². The molecule has 0 spiro atoms. The van der Waals surface area contributed by atoms with Crippen LogP contribution in [0.4, 0.5) is 4.79 Å². The number of carboxylic acids is 1. The van der Waals surface area contributed by atoms with Crippen molar-refractivity contribution >= 4 is 12.1 Å². The normalized spacial score (nSPS) is 21.3. The van der Waals surface area contributed by atoms with E-state index in [9.17, 15) is 14.7 Å². The van der Waals surface area contributed by atoms with E-state index in [2.05, 4.69) is 5.32 Å². The summed E-state index contributed by atoms with van der Waals surface area (Å²) in [5, 5.41) is 12.1. The zero-order valence-electron chi connectivity index (χ0n) is 12.6. The number of aryl methyl sites for hydroxylation is 1. The molecule has 0 fully saturated rings. The molecule has 1 aliphatic rings. The van der Waals surface area contributed by atoms with E-state index in [0.29, 0.717) is 12.8 Å². The number of fused-ring (bicyclic) bond motifs is 1. The summed E-state index contributed by atoms with van der Waals surface area (Å²) in [7, 11) is 0. The Morgan fingerprint density at radius 2 is 1.95 bits per heavy atom. The Hall–Kier alpha value is -2.04. The molecule has 1 amide bonds. The Balaban J connectivity index is 2.24. The van der Waals surface area contributed by atoms with E-state index in [0.717, 1.165) is 11.1 Å². The molecule has 1 aliphatic carbocycles. The standard InChI is InChI=1S/C16H21NO4/c1-16(2,3)21-15(20)17-13-11-7-5-4-6-10(11)8-9-12(13)14(18)19/h4-7,12-13H,8-9H2,1-3H3,(H,17,20)(H,18,19). The first kappa shape index (κ1) is 15.4. The summed E-state index contributed by atoms with van der Waals surface area (Å²) in [5.74, 6) is -1.53. The molecule has 5 heteroatoms. The molecule has 2 atom stereocenters. The van der Waals surface area contributed by atoms with Gasteiger partial charge in [0.15, 0.2) is 0 Å². The highest BCUT2D eigenvalue weighted by atomic mass is 16.6. The summed E-state index contributed by atoms with van der Waals surface area (Å²) in [6.07, 6.45) is 0.627. The first-order valence-electron chi connectivity index (χ1n) is 7.08. The number of ether oxygens (including phenoxy) is 1. The number of amides is 1. The van der Waals surface area contributed by atoms with Crippen molar-refractivity contribution in [1.29, 1.82) is 0 Å². The summed E-state index contributed by atoms with van der Waals surface area (Å²) in [6.45, 7) is 5.32. The third kappa shape index (κ3) is 3.74. The van der Waals surface area contributed by atoms with Crippen molar-refractivity contribution in [2.45, 2.75) is 45.3 Å². The minimum atomic E-state index is -0.898. The monoisotopic (exact) mass is 291 g/mol. The highest BCUT2D eigenvalue weighted by molar-refractivity contribution is 5.75. The van der Waals surface area contributed by atoms with Crippen LogP contribution in [0.3, 0.4) is 0 Å². The van der Waals surface area contributed by atoms with Gasteiger partial charge in [0.05, 0.1) is 12.0 Å². The van der Waals surface area contributed by atoms with Gasteiger partial charge in [0, 0.05) is 0 Å². The van der Waals surface area contributed by atoms with Crippen LogP contribution in [0.1, 0.15) is 44.4 Å². The number of carbonyl (C=O) groups excluding carboxylic acids is 1. The molecule has 21 heavy (non-hydrogen) atoms. The third-order valence-corrected chi connectivity index (χ3v) is 3.51. The van der Waals surface area contributed by atoms with Crippen molar-refractivity contribution in [3.05, 3.63) is 35.4 Å². The molecule has 1 aromatic carbocycles. The second kappa shape index (κ2) is 5.76. The molecule has 2 N–H and O–H groups in total. The maximum Gasteiger partial charge on any atom is 0.408 e. The van der Waals surface area contributed by atoms with E-state index in [1.54, 1.807) is 20.8 Å². The summed E-state index contributed by atoms with van der Waals surface area (Å²) in [5.41, 5.74) is 1.33. The van der Waals surface area contributed by atoms with Gasteiger partial charge in [-0.05, 0) is 44.7 Å². The van der Waals surface area contributed by atoms with Crippen LogP contribution in [0.25, 0.3) is 0 Å². The highest BCUT2D eigenvalue weighted by Gasteiger charge is 2.36. The van der Waals surface area contributed by atoms with Crippen molar-refractivity contribution < 1.29 is 19.4 Å². The van der Waals surface area contributed by atoms with Gasteiger partial charge in [0.25, 0.3) is 0 Å². The van der Waals surface area contributed by atoms with Gasteiger partial charge in [0.1, 0.15) is 5.60 Å². The van der Waals surface area contributed by atoms with E-state index in [1.807, 2.05) is 24.3 Å². The van der Waals surface area contributed by atoms with Crippen LogP contribution in [0.15, 0.2) is 24.3 Å². The molecule has 5 nitrogen and oxygen atoms in total. The molecule has 1 aromatic rings. The van der Waals surface area contributed by atoms with Crippen LogP contribution in [0.5, 0.6) is 0 Å². The summed E-state index contributed by atoms with van der Waals surface area (Å²) in [6, 6.07) is 7.06. The zero-order valence-corrected chi connectivity index (χ0v) is 12.6. The molecule has 114 valence electrons. The quantitative estimate of drug-likeness (QED) is 0.878. The van der Waals surface area contributed by atoms with Gasteiger partial charge in [-0.15, -0.1) is 0 Å². The predicted octanol–water partition coefficient (Wildman–Crippen LogP) is 2.90. The molecule has 2 rings (SSSR count). The van der Waals surface area contributed by atoms with Crippen LogP contribution >= 0.6 is 0 Å². The predicted molar refractivity (Wildman–Crippen MR) is 78.0 cm³/mol. The maximum atomic E-state index is 12.0. The summed E-state index contributed by atoms with van der Waals surface area (Å²) < 4.78 is 5.24. The van der Waals surface area contributed by atoms with E-state index in [4.69, 9.17) is 4.74 Å². The maximum absolute atomic E-state index is 12.0. The lowest BCUT2D eigenvalue weighted by Gasteiger charge is -2.32. The molecule has 0 aromatic heterocycles. The number of hydrogen-bond acceptors (Lipinski definition) is 3. The minimum absolute atomic E-state index is 0.507. The number of rotatable bonds is 2. The SMILES string of the molecule is CC(C)(C)OC(=O)NC1c2ccccc2CCC1C(=O)O. The van der Waals surface area contributed by atoms with Crippen LogP contribution in [0, 0.1) is 5.92 Å². The van der Waals surface area contributed by atoms with Crippen LogP contribution < -0.4 is 5.32 Å². The largest absolute Gasteiger partial charge is 0.481 e. The average molecular weight is 291 g/mol. The Morgan fingerprint density at radius 3 is 2.57 bits per heavy atom. The van der Waals surface area contributed by atoms with Gasteiger partial charge in [-0.1, -0.05) is 24.3 Å². The fraction of sp³-hybridized carbons (Fsp3) is 0.500. The highest BCUT2D eigenvalue weighted by Crippen LogP contribution is 2.34. The lowest BCUT2D eigenvalue weighted by Crippen LogP contribution is -2.42. The molecular weight excluding hydrogens is 270 g/mol. The van der Waals surface area contributed by atoms with Crippen molar-refractivity contribution in [1.82, 2.24) is 5.32 Å². The van der Waals surface area contributed by atoms with Gasteiger partial charge < -0.3 is 15.2 Å². The fourth-order valence-corrected chi connectivity index (χ4v) is 2.64. The van der Waals surface area contributed by atoms with E-state index in [-0.39, 0.29) is 0 Å². The first-order chi connectivity index (χ1) is 9.78. The van der Waals surface area contributed by atoms with Crippen molar-refractivity contribution in [3.8, 4) is 0 Å². The number of alkyl carbamates (subject to hydrolysis) is 1. The van der Waals surface area contributed by atoms with E-state index < -0.39 is 29.6 Å². The number of nitrogens with one attached hydrogen (secondary N) is 1. The van der Waals surface area contributed by atoms with Gasteiger partial charge in [0.2, 0.25) is 0 Å². The van der Waals surface area contributed by atoms with Gasteiger partial charge in [-0.25, -0.2) is 4.79 Å². The molecule has 0 heterocycles. The van der Waals surface area contributed by atoms with Crippen molar-refractivity contribution in [2.24, 2.45) is 5.92 Å². The second-order valence-corrected chi connectivity index (χ2v) is 6.31. The van der Waals surface area contributed by atoms with Crippen LogP contribution in [-0.2, 0) is 16.0 Å². The summed E-state index contributed by atoms with van der Waals surface area (Å²) >= 11 is 0. The average Bonchev–Trinajstić information content (AvgIpc) is 2.36. The Bertz CT molecular complexity index is 547. The number of aliphatic carboxylic acids is 1. The Labute approximate surface area is 124 Å². The first-order valence-corrected chi connectivity index (χ1v) is 7.08. The Morgan fingerprint density at radius 1 is 1.29 bits per heavy atom. The molecular formula is C16H21NO4. The van der Waals surface area contributed by atoms with Gasteiger partial charge in [-0.2, -0.15) is 0 Å². The summed E-state index contributed by atoms with van der Waals surface area (Å²) in [4.78, 5) is 23.4. The molecule has 0 saturated carbocycles. The van der Waals surface area contributed by atoms with Crippen LogP contribution in [-0.4, -0.2) is 22.8 Å². The fourth-order valence-electron chi connectivity index (χ4n) is 2.64. The number of benzene rings is 1. The molecule has 0 aliphatic heterocycles. The third-order valence-electron chi connectivity index (χ3n) is 3.51. The molecule has 0 saturated heterocycles. The topological polar surface area (TPSA) is 75.6 Å². The second-order valence-electron chi connectivity index (χ2n) is 6.31. The Kier molecular flexibility index (Phi) is 4.21. The van der Waals surface area contributed by atoms with E-state index >= 15 is 0 Å². The van der Waals surface area contributed by atoms with Crippen LogP contribution in [0.2, 0.25) is 0 Å². The zero-order chi connectivity index (χ0) is 15.6. The number of hydrogen-bond donors (Lipinski definition) is 2. The number of carbonyl (C=O) groups is 2. The molecule has 0 bridgehead atoms. The lowest BCUT2D eigenvalue weighted by atomic mass is 9.80. The number of carboxylic acid groups (broad SMARTS) is 1. The van der Waals surface area contributed by atoms with Crippen molar-refractivity contribution in [2.75, 3.05) is 0 Å². The minimum Gasteiger partial charge on any atom is -0.481 e. The van der Waals surface area contributed by atoms with E-state index in [1.165, 1.54) is 0 Å².